The van der Waals surface area contributed by atoms with Crippen molar-refractivity contribution in [2.24, 2.45) is 0 Å². The number of nitrogens with zero attached hydrogens (tertiary/aromatic N) is 3. The molecule has 1 atom stereocenters. The van der Waals surface area contributed by atoms with E-state index in [1.807, 2.05) is 19.9 Å². The molecule has 0 saturated carbocycles. The first-order valence-electron chi connectivity index (χ1n) is 9.25. The number of likely N-dealkylation sites (tertiary alicyclic amines) is 1. The predicted molar refractivity (Wildman–Crippen MR) is 105 cm³/mol. The van der Waals surface area contributed by atoms with Crippen molar-refractivity contribution in [2.45, 2.75) is 32.8 Å². The summed E-state index contributed by atoms with van der Waals surface area (Å²) >= 11 is 0. The summed E-state index contributed by atoms with van der Waals surface area (Å²) in [5, 5.41) is 2.90. The van der Waals surface area contributed by atoms with Crippen molar-refractivity contribution in [3.8, 4) is 17.5 Å². The molecule has 1 aromatic carbocycles. The predicted octanol–water partition coefficient (Wildman–Crippen LogP) is 3.19. The summed E-state index contributed by atoms with van der Waals surface area (Å²) in [5.74, 6) is 1.17. The number of carbonyl (C=O) groups excluding carboxylic acids is 1. The van der Waals surface area contributed by atoms with Gasteiger partial charge in [0.2, 0.25) is 0 Å². The molecule has 8 heteroatoms. The third-order valence-corrected chi connectivity index (χ3v) is 4.53. The van der Waals surface area contributed by atoms with Gasteiger partial charge in [-0.15, -0.1) is 0 Å². The van der Waals surface area contributed by atoms with Crippen molar-refractivity contribution in [3.63, 3.8) is 0 Å². The van der Waals surface area contributed by atoms with Crippen LogP contribution < -0.4 is 19.5 Å². The Kier molecular flexibility index (Phi) is 6.18. The molecule has 1 fully saturated rings. The fraction of sp³-hybridized carbons (Fsp3) is 0.450. The van der Waals surface area contributed by atoms with Crippen LogP contribution in [0.3, 0.4) is 0 Å². The van der Waals surface area contributed by atoms with Crippen LogP contribution in [0.1, 0.15) is 24.2 Å². The number of benzene rings is 1. The van der Waals surface area contributed by atoms with Gasteiger partial charge in [0.15, 0.2) is 11.5 Å². The van der Waals surface area contributed by atoms with E-state index in [4.69, 9.17) is 14.2 Å². The van der Waals surface area contributed by atoms with Gasteiger partial charge in [-0.25, -0.2) is 14.8 Å². The SMILES string of the molecule is COc1ccc(NC(=O)N2CCCC(Oc3nc(C)cc(C)n3)C2)cc1OC. The highest BCUT2D eigenvalue weighted by Gasteiger charge is 2.26. The fourth-order valence-corrected chi connectivity index (χ4v) is 3.23. The van der Waals surface area contributed by atoms with Gasteiger partial charge in [-0.3, -0.25) is 0 Å². The summed E-state index contributed by atoms with van der Waals surface area (Å²) in [6, 6.07) is 7.36. The molecular formula is C20H26N4O4. The Bertz CT molecular complexity index is 823. The molecule has 3 rings (SSSR count). The van der Waals surface area contributed by atoms with Crippen LogP contribution in [0.15, 0.2) is 24.3 Å². The van der Waals surface area contributed by atoms with E-state index in [1.165, 1.54) is 0 Å². The number of anilines is 1. The number of hydrogen-bond acceptors (Lipinski definition) is 6. The van der Waals surface area contributed by atoms with E-state index in [1.54, 1.807) is 37.3 Å². The second-order valence-electron chi connectivity index (χ2n) is 6.76. The van der Waals surface area contributed by atoms with Crippen LogP contribution in [0.25, 0.3) is 0 Å². The number of urea groups is 1. The summed E-state index contributed by atoms with van der Waals surface area (Å²) in [6.07, 6.45) is 1.58. The van der Waals surface area contributed by atoms with Gasteiger partial charge in [0.1, 0.15) is 6.10 Å². The van der Waals surface area contributed by atoms with E-state index in [-0.39, 0.29) is 12.1 Å². The number of aromatic nitrogens is 2. The van der Waals surface area contributed by atoms with Crippen LogP contribution in [-0.2, 0) is 0 Å². The van der Waals surface area contributed by atoms with Crippen LogP contribution in [0.4, 0.5) is 10.5 Å². The van der Waals surface area contributed by atoms with Gasteiger partial charge in [-0.2, -0.15) is 0 Å². The molecule has 2 heterocycles. The minimum Gasteiger partial charge on any atom is -0.493 e. The number of amides is 2. The maximum Gasteiger partial charge on any atom is 0.321 e. The molecule has 1 aromatic heterocycles. The zero-order valence-electron chi connectivity index (χ0n) is 16.7. The van der Waals surface area contributed by atoms with E-state index in [9.17, 15) is 4.79 Å². The summed E-state index contributed by atoms with van der Waals surface area (Å²) < 4.78 is 16.4. The molecular weight excluding hydrogens is 360 g/mol. The quantitative estimate of drug-likeness (QED) is 0.849. The maximum atomic E-state index is 12.7. The number of piperidine rings is 1. The van der Waals surface area contributed by atoms with E-state index < -0.39 is 0 Å². The summed E-state index contributed by atoms with van der Waals surface area (Å²) in [5.41, 5.74) is 2.37. The average molecular weight is 386 g/mol. The molecule has 2 amide bonds. The topological polar surface area (TPSA) is 85.8 Å². The van der Waals surface area contributed by atoms with Gasteiger partial charge in [0, 0.05) is 29.7 Å². The number of aryl methyl sites for hydroxylation is 2. The molecule has 0 aliphatic carbocycles. The average Bonchev–Trinajstić information content (AvgIpc) is 2.67. The van der Waals surface area contributed by atoms with Crippen molar-refractivity contribution in [1.82, 2.24) is 14.9 Å². The second-order valence-corrected chi connectivity index (χ2v) is 6.76. The van der Waals surface area contributed by atoms with Crippen LogP contribution in [0, 0.1) is 13.8 Å². The van der Waals surface area contributed by atoms with Crippen LogP contribution in [0.5, 0.6) is 17.5 Å². The highest BCUT2D eigenvalue weighted by atomic mass is 16.5. The van der Waals surface area contributed by atoms with Crippen LogP contribution >= 0.6 is 0 Å². The largest absolute Gasteiger partial charge is 0.493 e. The molecule has 1 unspecified atom stereocenters. The van der Waals surface area contributed by atoms with Crippen molar-refractivity contribution in [3.05, 3.63) is 35.7 Å². The van der Waals surface area contributed by atoms with Gasteiger partial charge in [-0.05, 0) is 44.9 Å². The summed E-state index contributed by atoms with van der Waals surface area (Å²) in [7, 11) is 3.13. The zero-order chi connectivity index (χ0) is 20.1. The molecule has 1 N–H and O–H groups in total. The number of nitrogens with one attached hydrogen (secondary N) is 1. The summed E-state index contributed by atoms with van der Waals surface area (Å²) in [4.78, 5) is 23.1. The lowest BCUT2D eigenvalue weighted by molar-refractivity contribution is 0.0980. The van der Waals surface area contributed by atoms with Crippen molar-refractivity contribution in [1.29, 1.82) is 0 Å². The zero-order valence-corrected chi connectivity index (χ0v) is 16.7. The third-order valence-electron chi connectivity index (χ3n) is 4.53. The van der Waals surface area contributed by atoms with E-state index >= 15 is 0 Å². The number of ether oxygens (including phenoxy) is 3. The highest BCUT2D eigenvalue weighted by Crippen LogP contribution is 2.30. The molecule has 1 saturated heterocycles. The second kappa shape index (κ2) is 8.77. The number of carbonyl (C=O) groups is 1. The fourth-order valence-electron chi connectivity index (χ4n) is 3.23. The number of methoxy groups -OCH3 is 2. The monoisotopic (exact) mass is 386 g/mol. The Morgan fingerprint density at radius 1 is 1.11 bits per heavy atom. The molecule has 0 bridgehead atoms. The Balaban J connectivity index is 1.62. The third kappa shape index (κ3) is 4.82. The normalized spacial score (nSPS) is 16.4. The van der Waals surface area contributed by atoms with Crippen molar-refractivity contribution in [2.75, 3.05) is 32.6 Å². The Hall–Kier alpha value is -3.03. The maximum absolute atomic E-state index is 12.7. The smallest absolute Gasteiger partial charge is 0.321 e. The Morgan fingerprint density at radius 3 is 2.50 bits per heavy atom. The first-order valence-corrected chi connectivity index (χ1v) is 9.25. The van der Waals surface area contributed by atoms with E-state index in [2.05, 4.69) is 15.3 Å². The Morgan fingerprint density at radius 2 is 1.82 bits per heavy atom. The molecule has 0 radical (unpaired) electrons. The van der Waals surface area contributed by atoms with Gasteiger partial charge >= 0.3 is 12.0 Å². The Labute approximate surface area is 164 Å². The van der Waals surface area contributed by atoms with Crippen molar-refractivity contribution < 1.29 is 19.0 Å². The molecule has 2 aromatic rings. The standard InChI is InChI=1S/C20H26N4O4/c1-13-10-14(2)22-19(21-13)28-16-6-5-9-24(12-16)20(25)23-15-7-8-17(26-3)18(11-15)27-4/h7-8,10-11,16H,5-6,9,12H2,1-4H3,(H,23,25). The first-order chi connectivity index (χ1) is 13.5. The van der Waals surface area contributed by atoms with Gasteiger partial charge < -0.3 is 24.4 Å². The molecule has 0 spiro atoms. The molecule has 1 aliphatic rings. The van der Waals surface area contributed by atoms with E-state index in [0.717, 1.165) is 24.2 Å². The lowest BCUT2D eigenvalue weighted by Gasteiger charge is -2.32. The van der Waals surface area contributed by atoms with Crippen LogP contribution in [0.2, 0.25) is 0 Å². The molecule has 150 valence electrons. The van der Waals surface area contributed by atoms with Crippen LogP contribution in [-0.4, -0.2) is 54.3 Å². The molecule has 1 aliphatic heterocycles. The minimum atomic E-state index is -0.179. The van der Waals surface area contributed by atoms with E-state index in [0.29, 0.717) is 36.3 Å². The lowest BCUT2D eigenvalue weighted by Crippen LogP contribution is -2.46. The number of rotatable bonds is 5. The lowest BCUT2D eigenvalue weighted by atomic mass is 10.1. The summed E-state index contributed by atoms with van der Waals surface area (Å²) in [6.45, 7) is 4.97. The number of hydrogen-bond donors (Lipinski definition) is 1. The van der Waals surface area contributed by atoms with Gasteiger partial charge in [-0.1, -0.05) is 0 Å². The van der Waals surface area contributed by atoms with Gasteiger partial charge in [0.05, 0.1) is 20.8 Å². The van der Waals surface area contributed by atoms with Crippen molar-refractivity contribution >= 4 is 11.7 Å². The minimum absolute atomic E-state index is 0.133. The van der Waals surface area contributed by atoms with Gasteiger partial charge in [0.25, 0.3) is 0 Å². The first kappa shape index (κ1) is 19.7. The highest BCUT2D eigenvalue weighted by molar-refractivity contribution is 5.89. The molecule has 8 nitrogen and oxygen atoms in total. The molecule has 28 heavy (non-hydrogen) atoms.